The van der Waals surface area contributed by atoms with Gasteiger partial charge in [0, 0.05) is 4.90 Å². The van der Waals surface area contributed by atoms with Crippen LogP contribution >= 0.6 is 11.8 Å². The average molecular weight is 342 g/mol. The molecular formula is C21H27NOS. The van der Waals surface area contributed by atoms with E-state index in [-0.39, 0.29) is 17.4 Å². The van der Waals surface area contributed by atoms with E-state index in [1.54, 1.807) is 11.8 Å². The third-order valence-corrected chi connectivity index (χ3v) is 5.01. The molecule has 0 bridgehead atoms. The van der Waals surface area contributed by atoms with E-state index in [1.165, 1.54) is 5.56 Å². The highest BCUT2D eigenvalue weighted by Gasteiger charge is 2.16. The second-order valence-electron chi connectivity index (χ2n) is 7.00. The third kappa shape index (κ3) is 4.64. The fourth-order valence-corrected chi connectivity index (χ4v) is 3.37. The van der Waals surface area contributed by atoms with Crippen molar-refractivity contribution in [2.24, 2.45) is 0 Å². The van der Waals surface area contributed by atoms with E-state index in [4.69, 9.17) is 0 Å². The highest BCUT2D eigenvalue weighted by atomic mass is 32.2. The number of carbonyl (C=O) groups excluding carboxylic acids is 1. The minimum atomic E-state index is -0.0220. The van der Waals surface area contributed by atoms with Crippen molar-refractivity contribution in [1.82, 2.24) is 5.32 Å². The molecule has 1 atom stereocenters. The van der Waals surface area contributed by atoms with Gasteiger partial charge in [-0.25, -0.2) is 0 Å². The molecule has 128 valence electrons. The normalized spacial score (nSPS) is 12.7. The number of hydrogen-bond donors (Lipinski definition) is 1. The fourth-order valence-electron chi connectivity index (χ4n) is 2.57. The summed E-state index contributed by atoms with van der Waals surface area (Å²) in [6.45, 7) is 10.7. The third-order valence-electron chi connectivity index (χ3n) is 4.06. The SMILES string of the molecule is CCSc1ccccc1C(=O)NC(C)c1ccc(C(C)(C)C)cc1. The Bertz CT molecular complexity index is 686. The maximum absolute atomic E-state index is 12.6. The lowest BCUT2D eigenvalue weighted by Gasteiger charge is -2.21. The molecule has 0 aromatic heterocycles. The second kappa shape index (κ2) is 7.89. The van der Waals surface area contributed by atoms with Crippen molar-refractivity contribution in [1.29, 1.82) is 0 Å². The van der Waals surface area contributed by atoms with Crippen LogP contribution in [0.25, 0.3) is 0 Å². The molecule has 0 radical (unpaired) electrons. The van der Waals surface area contributed by atoms with Crippen LogP contribution < -0.4 is 5.32 Å². The van der Waals surface area contributed by atoms with E-state index in [9.17, 15) is 4.79 Å². The van der Waals surface area contributed by atoms with Crippen LogP contribution in [0.3, 0.4) is 0 Å². The monoisotopic (exact) mass is 341 g/mol. The predicted octanol–water partition coefficient (Wildman–Crippen LogP) is 5.59. The van der Waals surface area contributed by atoms with Gasteiger partial charge in [0.2, 0.25) is 0 Å². The smallest absolute Gasteiger partial charge is 0.252 e. The van der Waals surface area contributed by atoms with Gasteiger partial charge in [0.05, 0.1) is 11.6 Å². The Morgan fingerprint density at radius 3 is 2.29 bits per heavy atom. The summed E-state index contributed by atoms with van der Waals surface area (Å²) in [6.07, 6.45) is 0. The highest BCUT2D eigenvalue weighted by molar-refractivity contribution is 7.99. The van der Waals surface area contributed by atoms with Crippen LogP contribution in [0, 0.1) is 0 Å². The average Bonchev–Trinajstić information content (AvgIpc) is 2.55. The zero-order chi connectivity index (χ0) is 17.7. The van der Waals surface area contributed by atoms with Crippen molar-refractivity contribution in [3.63, 3.8) is 0 Å². The van der Waals surface area contributed by atoms with Crippen LogP contribution in [-0.2, 0) is 5.41 Å². The van der Waals surface area contributed by atoms with Crippen molar-refractivity contribution in [3.05, 3.63) is 65.2 Å². The van der Waals surface area contributed by atoms with E-state index in [0.717, 1.165) is 21.8 Å². The Hall–Kier alpha value is -1.74. The molecular weight excluding hydrogens is 314 g/mol. The van der Waals surface area contributed by atoms with Gasteiger partial charge in [0.25, 0.3) is 5.91 Å². The van der Waals surface area contributed by atoms with Crippen molar-refractivity contribution >= 4 is 17.7 Å². The summed E-state index contributed by atoms with van der Waals surface area (Å²) in [5.41, 5.74) is 3.32. The standard InChI is InChI=1S/C21H27NOS/c1-6-24-19-10-8-7-9-18(19)20(23)22-15(2)16-11-13-17(14-12-16)21(3,4)5/h7-15H,6H2,1-5H3,(H,22,23). The Morgan fingerprint density at radius 2 is 1.71 bits per heavy atom. The van der Waals surface area contributed by atoms with Crippen LogP contribution in [0.1, 0.15) is 62.1 Å². The number of thioether (sulfide) groups is 1. The molecule has 1 amide bonds. The lowest BCUT2D eigenvalue weighted by molar-refractivity contribution is 0.0937. The maximum atomic E-state index is 12.6. The first-order valence-corrected chi connectivity index (χ1v) is 9.44. The van der Waals surface area contributed by atoms with E-state index < -0.39 is 0 Å². The zero-order valence-electron chi connectivity index (χ0n) is 15.2. The molecule has 0 spiro atoms. The van der Waals surface area contributed by atoms with Crippen molar-refractivity contribution in [2.45, 2.75) is 51.0 Å². The Labute approximate surface area is 150 Å². The van der Waals surface area contributed by atoms with E-state index >= 15 is 0 Å². The molecule has 3 heteroatoms. The van der Waals surface area contributed by atoms with Crippen molar-refractivity contribution in [3.8, 4) is 0 Å². The number of rotatable bonds is 5. The summed E-state index contributed by atoms with van der Waals surface area (Å²) in [7, 11) is 0. The van der Waals surface area contributed by atoms with Gasteiger partial charge in [-0.1, -0.05) is 64.1 Å². The summed E-state index contributed by atoms with van der Waals surface area (Å²) in [5, 5.41) is 3.12. The fraction of sp³-hybridized carbons (Fsp3) is 0.381. The van der Waals surface area contributed by atoms with Crippen molar-refractivity contribution in [2.75, 3.05) is 5.75 Å². The van der Waals surface area contributed by atoms with Crippen LogP contribution in [-0.4, -0.2) is 11.7 Å². The zero-order valence-corrected chi connectivity index (χ0v) is 16.0. The predicted molar refractivity (Wildman–Crippen MR) is 104 cm³/mol. The number of carbonyl (C=O) groups is 1. The molecule has 2 rings (SSSR count). The second-order valence-corrected chi connectivity index (χ2v) is 8.30. The molecule has 2 aromatic rings. The van der Waals surface area contributed by atoms with E-state index in [2.05, 4.69) is 57.3 Å². The molecule has 0 heterocycles. The van der Waals surface area contributed by atoms with Crippen LogP contribution in [0.15, 0.2) is 53.4 Å². The minimum absolute atomic E-state index is 0.0149. The lowest BCUT2D eigenvalue weighted by atomic mass is 9.86. The first-order chi connectivity index (χ1) is 11.3. The molecule has 0 aliphatic rings. The number of hydrogen-bond acceptors (Lipinski definition) is 2. The molecule has 2 aromatic carbocycles. The first-order valence-electron chi connectivity index (χ1n) is 8.46. The summed E-state index contributed by atoms with van der Waals surface area (Å²) in [6, 6.07) is 16.3. The summed E-state index contributed by atoms with van der Waals surface area (Å²) in [5.74, 6) is 0.938. The quantitative estimate of drug-likeness (QED) is 0.719. The maximum Gasteiger partial charge on any atom is 0.252 e. The number of benzene rings is 2. The summed E-state index contributed by atoms with van der Waals surface area (Å²) < 4.78 is 0. The minimum Gasteiger partial charge on any atom is -0.345 e. The topological polar surface area (TPSA) is 29.1 Å². The van der Waals surface area contributed by atoms with Gasteiger partial charge >= 0.3 is 0 Å². The lowest BCUT2D eigenvalue weighted by Crippen LogP contribution is -2.27. The molecule has 0 saturated heterocycles. The van der Waals surface area contributed by atoms with Gasteiger partial charge in [-0.3, -0.25) is 4.79 Å². The van der Waals surface area contributed by atoms with Gasteiger partial charge in [0.1, 0.15) is 0 Å². The molecule has 2 nitrogen and oxygen atoms in total. The highest BCUT2D eigenvalue weighted by Crippen LogP contribution is 2.25. The molecule has 0 aliphatic carbocycles. The van der Waals surface area contributed by atoms with Gasteiger partial charge in [0.15, 0.2) is 0 Å². The van der Waals surface area contributed by atoms with Crippen LogP contribution in [0.4, 0.5) is 0 Å². The number of nitrogens with one attached hydrogen (secondary N) is 1. The Balaban J connectivity index is 2.12. The van der Waals surface area contributed by atoms with Gasteiger partial charge in [-0.15, -0.1) is 11.8 Å². The Kier molecular flexibility index (Phi) is 6.11. The summed E-state index contributed by atoms with van der Waals surface area (Å²) >= 11 is 1.70. The first kappa shape index (κ1) is 18.6. The molecule has 1 N–H and O–H groups in total. The van der Waals surface area contributed by atoms with Gasteiger partial charge in [-0.05, 0) is 41.4 Å². The van der Waals surface area contributed by atoms with E-state index in [1.807, 2.05) is 31.2 Å². The van der Waals surface area contributed by atoms with Gasteiger partial charge < -0.3 is 5.32 Å². The van der Waals surface area contributed by atoms with Crippen molar-refractivity contribution < 1.29 is 4.79 Å². The molecule has 1 unspecified atom stereocenters. The molecule has 0 fully saturated rings. The number of amides is 1. The van der Waals surface area contributed by atoms with Crippen LogP contribution in [0.2, 0.25) is 0 Å². The van der Waals surface area contributed by atoms with Crippen LogP contribution in [0.5, 0.6) is 0 Å². The molecule has 24 heavy (non-hydrogen) atoms. The van der Waals surface area contributed by atoms with Gasteiger partial charge in [-0.2, -0.15) is 0 Å². The summed E-state index contributed by atoms with van der Waals surface area (Å²) in [4.78, 5) is 13.7. The largest absolute Gasteiger partial charge is 0.345 e. The Morgan fingerprint density at radius 1 is 1.08 bits per heavy atom. The molecule has 0 aliphatic heterocycles. The van der Waals surface area contributed by atoms with E-state index in [0.29, 0.717) is 0 Å². The molecule has 0 saturated carbocycles.